The van der Waals surface area contributed by atoms with Crippen molar-refractivity contribution in [3.63, 3.8) is 0 Å². The Morgan fingerprint density at radius 2 is 1.30 bits per heavy atom. The Morgan fingerprint density at radius 3 is 1.80 bits per heavy atom. The molecule has 0 aromatic heterocycles. The van der Waals surface area contributed by atoms with E-state index in [9.17, 15) is 0 Å². The van der Waals surface area contributed by atoms with Crippen LogP contribution in [0, 0.1) is 5.92 Å². The molecule has 0 aliphatic rings. The molecule has 0 aromatic carbocycles. The topological polar surface area (TPSA) is 27.7 Å². The standard InChI is InChI=1S/C16H33ClO3/c1-5-6-7-8-9-10-12-15(13-11-14-17)16(18-2,19-3)20-4/h15H,5-14H2,1-4H3/t15-/m1/s1. The third-order valence-corrected chi connectivity index (χ3v) is 4.21. The molecule has 1 atom stereocenters. The molecular weight excluding hydrogens is 276 g/mol. The number of rotatable bonds is 14. The maximum atomic E-state index is 5.82. The lowest BCUT2D eigenvalue weighted by atomic mass is 9.93. The van der Waals surface area contributed by atoms with Crippen LogP contribution in [0.5, 0.6) is 0 Å². The molecule has 0 rings (SSSR count). The van der Waals surface area contributed by atoms with Gasteiger partial charge in [0.1, 0.15) is 0 Å². The highest BCUT2D eigenvalue weighted by atomic mass is 35.5. The summed E-state index contributed by atoms with van der Waals surface area (Å²) >= 11 is 5.82. The molecule has 0 aromatic rings. The van der Waals surface area contributed by atoms with Gasteiger partial charge in [0.25, 0.3) is 5.97 Å². The second-order valence-corrected chi connectivity index (χ2v) is 5.68. The summed E-state index contributed by atoms with van der Waals surface area (Å²) in [5, 5.41) is 0. The zero-order chi connectivity index (χ0) is 15.3. The van der Waals surface area contributed by atoms with E-state index >= 15 is 0 Å². The summed E-state index contributed by atoms with van der Waals surface area (Å²) in [6.45, 7) is 2.24. The Morgan fingerprint density at radius 1 is 0.800 bits per heavy atom. The maximum absolute atomic E-state index is 5.82. The van der Waals surface area contributed by atoms with Crippen LogP contribution in [-0.4, -0.2) is 33.2 Å². The van der Waals surface area contributed by atoms with Gasteiger partial charge in [-0.2, -0.15) is 0 Å². The number of halogens is 1. The van der Waals surface area contributed by atoms with E-state index in [0.29, 0.717) is 5.88 Å². The molecule has 0 heterocycles. The molecule has 0 unspecified atom stereocenters. The second kappa shape index (κ2) is 12.9. The lowest BCUT2D eigenvalue weighted by molar-refractivity contribution is -0.380. The first-order chi connectivity index (χ1) is 9.70. The molecule has 0 saturated carbocycles. The van der Waals surface area contributed by atoms with E-state index in [2.05, 4.69) is 6.92 Å². The van der Waals surface area contributed by atoms with Gasteiger partial charge in [0.05, 0.1) is 0 Å². The molecule has 0 amide bonds. The van der Waals surface area contributed by atoms with Gasteiger partial charge in [0, 0.05) is 33.1 Å². The predicted octanol–water partition coefficient (Wildman–Crippen LogP) is 4.97. The Kier molecular flexibility index (Phi) is 13.0. The Hall–Kier alpha value is 0.170. The number of unbranched alkanes of at least 4 members (excludes halogenated alkanes) is 5. The third kappa shape index (κ3) is 7.26. The van der Waals surface area contributed by atoms with E-state index in [0.717, 1.165) is 19.3 Å². The van der Waals surface area contributed by atoms with Gasteiger partial charge in [-0.1, -0.05) is 45.4 Å². The lowest BCUT2D eigenvalue weighted by Crippen LogP contribution is -2.44. The van der Waals surface area contributed by atoms with Crippen LogP contribution in [0.15, 0.2) is 0 Å². The summed E-state index contributed by atoms with van der Waals surface area (Å²) < 4.78 is 16.5. The van der Waals surface area contributed by atoms with Crippen molar-refractivity contribution in [3.8, 4) is 0 Å². The van der Waals surface area contributed by atoms with Crippen LogP contribution in [0.2, 0.25) is 0 Å². The molecule has 0 spiro atoms. The van der Waals surface area contributed by atoms with Crippen molar-refractivity contribution in [1.29, 1.82) is 0 Å². The van der Waals surface area contributed by atoms with Crippen molar-refractivity contribution in [2.45, 2.75) is 70.7 Å². The highest BCUT2D eigenvalue weighted by molar-refractivity contribution is 6.17. The predicted molar refractivity (Wildman–Crippen MR) is 85.2 cm³/mol. The van der Waals surface area contributed by atoms with E-state index in [4.69, 9.17) is 25.8 Å². The van der Waals surface area contributed by atoms with Crippen LogP contribution in [-0.2, 0) is 14.2 Å². The van der Waals surface area contributed by atoms with Crippen molar-refractivity contribution >= 4 is 11.6 Å². The third-order valence-electron chi connectivity index (χ3n) is 3.95. The highest BCUT2D eigenvalue weighted by Gasteiger charge is 2.39. The van der Waals surface area contributed by atoms with Gasteiger partial charge in [-0.3, -0.25) is 0 Å². The second-order valence-electron chi connectivity index (χ2n) is 5.30. The van der Waals surface area contributed by atoms with Gasteiger partial charge >= 0.3 is 0 Å². The lowest BCUT2D eigenvalue weighted by Gasteiger charge is -2.36. The zero-order valence-electron chi connectivity index (χ0n) is 13.8. The average molecular weight is 309 g/mol. The highest BCUT2D eigenvalue weighted by Crippen LogP contribution is 2.32. The summed E-state index contributed by atoms with van der Waals surface area (Å²) in [7, 11) is 4.92. The Labute approximate surface area is 130 Å². The van der Waals surface area contributed by atoms with Gasteiger partial charge in [-0.05, 0) is 19.3 Å². The number of methoxy groups -OCH3 is 3. The van der Waals surface area contributed by atoms with E-state index in [-0.39, 0.29) is 5.92 Å². The fourth-order valence-corrected chi connectivity index (χ4v) is 2.90. The molecule has 3 nitrogen and oxygen atoms in total. The minimum Gasteiger partial charge on any atom is -0.331 e. The van der Waals surface area contributed by atoms with Crippen LogP contribution in [0.1, 0.15) is 64.7 Å². The van der Waals surface area contributed by atoms with Gasteiger partial charge in [-0.25, -0.2) is 0 Å². The van der Waals surface area contributed by atoms with Crippen molar-refractivity contribution in [2.24, 2.45) is 5.92 Å². The molecule has 0 N–H and O–H groups in total. The quantitative estimate of drug-likeness (QED) is 0.258. The average Bonchev–Trinajstić information content (AvgIpc) is 2.49. The van der Waals surface area contributed by atoms with Crippen LogP contribution in [0.3, 0.4) is 0 Å². The van der Waals surface area contributed by atoms with E-state index in [1.54, 1.807) is 21.3 Å². The molecule has 0 bridgehead atoms. The number of ether oxygens (including phenoxy) is 3. The fourth-order valence-electron chi connectivity index (χ4n) is 2.74. The molecule has 122 valence electrons. The first kappa shape index (κ1) is 20.2. The maximum Gasteiger partial charge on any atom is 0.285 e. The van der Waals surface area contributed by atoms with Gasteiger partial charge in [-0.15, -0.1) is 11.6 Å². The van der Waals surface area contributed by atoms with Crippen molar-refractivity contribution in [3.05, 3.63) is 0 Å². The Bertz CT molecular complexity index is 200. The number of alkyl halides is 1. The van der Waals surface area contributed by atoms with Crippen LogP contribution >= 0.6 is 11.6 Å². The SMILES string of the molecule is CCCCCCCC[C@H](CCCCl)C(OC)(OC)OC. The van der Waals surface area contributed by atoms with Crippen LogP contribution in [0.25, 0.3) is 0 Å². The van der Waals surface area contributed by atoms with E-state index in [1.165, 1.54) is 38.5 Å². The fraction of sp³-hybridized carbons (Fsp3) is 1.00. The van der Waals surface area contributed by atoms with Crippen molar-refractivity contribution < 1.29 is 14.2 Å². The minimum absolute atomic E-state index is 0.229. The number of hydrogen-bond donors (Lipinski definition) is 0. The summed E-state index contributed by atoms with van der Waals surface area (Å²) in [5.74, 6) is -0.0252. The molecule has 0 aliphatic heterocycles. The van der Waals surface area contributed by atoms with Crippen molar-refractivity contribution in [1.82, 2.24) is 0 Å². The van der Waals surface area contributed by atoms with Gasteiger partial charge in [0.2, 0.25) is 0 Å². The molecule has 0 aliphatic carbocycles. The molecule has 4 heteroatoms. The van der Waals surface area contributed by atoms with Crippen LogP contribution in [0.4, 0.5) is 0 Å². The van der Waals surface area contributed by atoms with E-state index < -0.39 is 5.97 Å². The Balaban J connectivity index is 4.25. The number of hydrogen-bond acceptors (Lipinski definition) is 3. The van der Waals surface area contributed by atoms with Gasteiger partial charge < -0.3 is 14.2 Å². The molecule has 0 fully saturated rings. The smallest absolute Gasteiger partial charge is 0.285 e. The summed E-state index contributed by atoms with van der Waals surface area (Å²) in [4.78, 5) is 0. The molecular formula is C16H33ClO3. The van der Waals surface area contributed by atoms with Crippen LogP contribution < -0.4 is 0 Å². The molecule has 0 saturated heterocycles. The normalized spacial score (nSPS) is 13.7. The first-order valence-corrected chi connectivity index (χ1v) is 8.45. The monoisotopic (exact) mass is 308 g/mol. The largest absolute Gasteiger partial charge is 0.331 e. The molecule has 20 heavy (non-hydrogen) atoms. The summed E-state index contributed by atoms with van der Waals surface area (Å²) in [5.41, 5.74) is 0. The van der Waals surface area contributed by atoms with Crippen molar-refractivity contribution in [2.75, 3.05) is 27.2 Å². The molecule has 0 radical (unpaired) electrons. The minimum atomic E-state index is -0.921. The first-order valence-electron chi connectivity index (χ1n) is 7.92. The van der Waals surface area contributed by atoms with E-state index in [1.807, 2.05) is 0 Å². The zero-order valence-corrected chi connectivity index (χ0v) is 14.5. The summed E-state index contributed by atoms with van der Waals surface area (Å²) in [6.07, 6.45) is 10.7. The summed E-state index contributed by atoms with van der Waals surface area (Å²) in [6, 6.07) is 0. The van der Waals surface area contributed by atoms with Gasteiger partial charge in [0.15, 0.2) is 0 Å².